The number of nitrogens with zero attached hydrogens (tertiary/aromatic N) is 2. The monoisotopic (exact) mass is 265 g/mol. The maximum absolute atomic E-state index is 4.92. The Labute approximate surface area is 117 Å². The molecule has 0 fully saturated rings. The van der Waals surface area contributed by atoms with Crippen LogP contribution in [0.25, 0.3) is 11.1 Å². The summed E-state index contributed by atoms with van der Waals surface area (Å²) in [6.07, 6.45) is 5.25. The number of anilines is 2. The van der Waals surface area contributed by atoms with Crippen LogP contribution in [-0.2, 0) is 0 Å². The Bertz CT molecular complexity index is 734. The number of nitrogens with one attached hydrogen (secondary N) is 1. The third-order valence-electron chi connectivity index (χ3n) is 3.22. The molecule has 100 valence electrons. The normalized spacial score (nSPS) is 10.5. The minimum absolute atomic E-state index is 0.825. The molecular formula is C16H15N3O. The molecule has 0 aliphatic heterocycles. The van der Waals surface area contributed by atoms with E-state index in [0.29, 0.717) is 0 Å². The Morgan fingerprint density at radius 3 is 2.70 bits per heavy atom. The molecule has 0 spiro atoms. The van der Waals surface area contributed by atoms with E-state index >= 15 is 0 Å². The lowest BCUT2D eigenvalue weighted by molar-refractivity contribution is 0.415. The molecule has 0 saturated heterocycles. The summed E-state index contributed by atoms with van der Waals surface area (Å²) in [7, 11) is 0. The van der Waals surface area contributed by atoms with Gasteiger partial charge in [-0.2, -0.15) is 0 Å². The molecule has 2 heterocycles. The summed E-state index contributed by atoms with van der Waals surface area (Å²) in [6.45, 7) is 3.99. The van der Waals surface area contributed by atoms with Gasteiger partial charge in [0, 0.05) is 11.8 Å². The smallest absolute Gasteiger partial charge is 0.147 e. The fraction of sp³-hybridized carbons (Fsp3) is 0.125. The van der Waals surface area contributed by atoms with Crippen LogP contribution >= 0.6 is 0 Å². The molecule has 2 aromatic heterocycles. The Morgan fingerprint density at radius 1 is 1.10 bits per heavy atom. The number of aryl methyl sites for hydroxylation is 2. The van der Waals surface area contributed by atoms with Crippen molar-refractivity contribution in [1.29, 1.82) is 0 Å². The molecule has 0 bridgehead atoms. The molecule has 3 rings (SSSR count). The van der Waals surface area contributed by atoms with E-state index in [1.807, 2.05) is 25.3 Å². The number of hydrogen-bond donors (Lipinski definition) is 1. The topological polar surface area (TPSA) is 51.0 Å². The lowest BCUT2D eigenvalue weighted by atomic mass is 10.0. The van der Waals surface area contributed by atoms with E-state index in [1.54, 1.807) is 12.5 Å². The van der Waals surface area contributed by atoms with Crippen LogP contribution in [0.4, 0.5) is 11.4 Å². The largest absolute Gasteiger partial charge is 0.362 e. The van der Waals surface area contributed by atoms with Crippen LogP contribution in [0.2, 0.25) is 0 Å². The third kappa shape index (κ3) is 2.40. The average Bonchev–Trinajstić information content (AvgIpc) is 2.85. The maximum atomic E-state index is 4.92. The fourth-order valence-corrected chi connectivity index (χ4v) is 2.12. The van der Waals surface area contributed by atoms with Crippen LogP contribution in [0, 0.1) is 13.8 Å². The van der Waals surface area contributed by atoms with Gasteiger partial charge in [0.25, 0.3) is 0 Å². The molecule has 4 nitrogen and oxygen atoms in total. The van der Waals surface area contributed by atoms with Crippen molar-refractivity contribution in [1.82, 2.24) is 10.1 Å². The second kappa shape index (κ2) is 5.17. The van der Waals surface area contributed by atoms with Crippen LogP contribution < -0.4 is 5.32 Å². The van der Waals surface area contributed by atoms with Gasteiger partial charge < -0.3 is 9.84 Å². The van der Waals surface area contributed by atoms with Gasteiger partial charge in [0.2, 0.25) is 0 Å². The van der Waals surface area contributed by atoms with Crippen molar-refractivity contribution in [2.24, 2.45) is 0 Å². The zero-order valence-electron chi connectivity index (χ0n) is 11.4. The van der Waals surface area contributed by atoms with Crippen LogP contribution in [0.1, 0.15) is 11.3 Å². The van der Waals surface area contributed by atoms with Crippen molar-refractivity contribution >= 4 is 11.4 Å². The second-order valence-electron chi connectivity index (χ2n) is 4.72. The first kappa shape index (κ1) is 12.4. The first-order chi connectivity index (χ1) is 9.74. The van der Waals surface area contributed by atoms with Gasteiger partial charge in [-0.05, 0) is 31.0 Å². The van der Waals surface area contributed by atoms with Gasteiger partial charge in [0.1, 0.15) is 17.6 Å². The Morgan fingerprint density at radius 2 is 1.95 bits per heavy atom. The molecule has 0 radical (unpaired) electrons. The van der Waals surface area contributed by atoms with E-state index in [9.17, 15) is 0 Å². The van der Waals surface area contributed by atoms with Gasteiger partial charge >= 0.3 is 0 Å². The number of aromatic nitrogens is 2. The van der Waals surface area contributed by atoms with E-state index in [1.165, 1.54) is 11.1 Å². The molecule has 0 aliphatic rings. The molecular weight excluding hydrogens is 250 g/mol. The van der Waals surface area contributed by atoms with Gasteiger partial charge in [-0.1, -0.05) is 29.4 Å². The highest BCUT2D eigenvalue weighted by molar-refractivity contribution is 5.71. The molecule has 4 heteroatoms. The Kier molecular flexibility index (Phi) is 3.21. The van der Waals surface area contributed by atoms with Crippen molar-refractivity contribution in [2.45, 2.75) is 13.8 Å². The van der Waals surface area contributed by atoms with Crippen molar-refractivity contribution < 1.29 is 4.52 Å². The summed E-state index contributed by atoms with van der Waals surface area (Å²) in [4.78, 5) is 4.30. The number of hydrogen-bond acceptors (Lipinski definition) is 4. The van der Waals surface area contributed by atoms with Gasteiger partial charge in [0.15, 0.2) is 0 Å². The molecule has 3 aromatic rings. The zero-order chi connectivity index (χ0) is 13.9. The Balaban J connectivity index is 1.94. The summed E-state index contributed by atoms with van der Waals surface area (Å²) in [5.41, 5.74) is 6.09. The third-order valence-corrected chi connectivity index (χ3v) is 3.22. The first-order valence-corrected chi connectivity index (χ1v) is 6.43. The summed E-state index contributed by atoms with van der Waals surface area (Å²) < 4.78 is 4.92. The number of pyridine rings is 1. The SMILES string of the molecule is Cc1ccccc1-c1cncc(Nc2conc2C)c1. The standard InChI is InChI=1S/C16H15N3O/c1-11-5-3-4-6-15(11)13-7-14(9-17-8-13)18-16-10-20-19-12(16)2/h3-10,18H,1-2H3. The summed E-state index contributed by atoms with van der Waals surface area (Å²) in [6, 6.07) is 10.3. The van der Waals surface area contributed by atoms with Gasteiger partial charge in [-0.25, -0.2) is 0 Å². The van der Waals surface area contributed by atoms with Gasteiger partial charge in [0.05, 0.1) is 11.9 Å². The minimum atomic E-state index is 0.825. The van der Waals surface area contributed by atoms with Crippen LogP contribution in [-0.4, -0.2) is 10.1 Å². The molecule has 0 atom stereocenters. The van der Waals surface area contributed by atoms with Crippen molar-refractivity contribution in [3.63, 3.8) is 0 Å². The van der Waals surface area contributed by atoms with Crippen LogP contribution in [0.15, 0.2) is 53.5 Å². The molecule has 0 amide bonds. The molecule has 1 aromatic carbocycles. The van der Waals surface area contributed by atoms with Crippen molar-refractivity contribution in [3.05, 3.63) is 60.2 Å². The lowest BCUT2D eigenvalue weighted by Gasteiger charge is -2.08. The van der Waals surface area contributed by atoms with E-state index in [4.69, 9.17) is 4.52 Å². The highest BCUT2D eigenvalue weighted by atomic mass is 16.5. The number of rotatable bonds is 3. The van der Waals surface area contributed by atoms with E-state index in [2.05, 4.69) is 40.6 Å². The molecule has 1 N–H and O–H groups in total. The fourth-order valence-electron chi connectivity index (χ4n) is 2.12. The summed E-state index contributed by atoms with van der Waals surface area (Å²) >= 11 is 0. The lowest BCUT2D eigenvalue weighted by Crippen LogP contribution is -1.93. The average molecular weight is 265 g/mol. The van der Waals surface area contributed by atoms with E-state index < -0.39 is 0 Å². The summed E-state index contributed by atoms with van der Waals surface area (Å²) in [5, 5.41) is 7.11. The van der Waals surface area contributed by atoms with Crippen molar-refractivity contribution in [2.75, 3.05) is 5.32 Å². The summed E-state index contributed by atoms with van der Waals surface area (Å²) in [5.74, 6) is 0. The van der Waals surface area contributed by atoms with Crippen molar-refractivity contribution in [3.8, 4) is 11.1 Å². The van der Waals surface area contributed by atoms with E-state index in [0.717, 1.165) is 22.6 Å². The quantitative estimate of drug-likeness (QED) is 0.774. The van der Waals surface area contributed by atoms with Crippen LogP contribution in [0.3, 0.4) is 0 Å². The van der Waals surface area contributed by atoms with Gasteiger partial charge in [-0.15, -0.1) is 0 Å². The Hall–Kier alpha value is -2.62. The first-order valence-electron chi connectivity index (χ1n) is 6.43. The maximum Gasteiger partial charge on any atom is 0.147 e. The van der Waals surface area contributed by atoms with Crippen LogP contribution in [0.5, 0.6) is 0 Å². The van der Waals surface area contributed by atoms with Gasteiger partial charge in [-0.3, -0.25) is 4.98 Å². The number of benzene rings is 1. The second-order valence-corrected chi connectivity index (χ2v) is 4.72. The predicted molar refractivity (Wildman–Crippen MR) is 78.9 cm³/mol. The molecule has 20 heavy (non-hydrogen) atoms. The minimum Gasteiger partial charge on any atom is -0.362 e. The highest BCUT2D eigenvalue weighted by Gasteiger charge is 2.06. The predicted octanol–water partition coefficient (Wildman–Crippen LogP) is 4.10. The highest BCUT2D eigenvalue weighted by Crippen LogP contribution is 2.26. The zero-order valence-corrected chi connectivity index (χ0v) is 11.4. The molecule has 0 aliphatic carbocycles. The molecule has 0 unspecified atom stereocenters. The molecule has 0 saturated carbocycles. The van der Waals surface area contributed by atoms with E-state index in [-0.39, 0.29) is 0 Å².